The summed E-state index contributed by atoms with van der Waals surface area (Å²) in [6.45, 7) is 0. The predicted octanol–water partition coefficient (Wildman–Crippen LogP) is 10.2. The van der Waals surface area contributed by atoms with Crippen LogP contribution in [-0.2, 0) is 0 Å². The summed E-state index contributed by atoms with van der Waals surface area (Å²) in [6, 6.07) is 57.2. The predicted molar refractivity (Wildman–Crippen MR) is 178 cm³/mol. The average Bonchev–Trinajstić information content (AvgIpc) is 3.48. The first kappa shape index (κ1) is 25.0. The van der Waals surface area contributed by atoms with Gasteiger partial charge >= 0.3 is 0 Å². The number of nitrogens with zero attached hydrogens (tertiary/aromatic N) is 3. The molecule has 0 aliphatic carbocycles. The van der Waals surface area contributed by atoms with Gasteiger partial charge in [-0.15, -0.1) is 0 Å². The fourth-order valence-electron chi connectivity index (χ4n) is 5.97. The van der Waals surface area contributed by atoms with Crippen LogP contribution < -0.4 is 0 Å². The lowest BCUT2D eigenvalue weighted by atomic mass is 9.96. The highest BCUT2D eigenvalue weighted by molar-refractivity contribution is 6.02. The summed E-state index contributed by atoms with van der Waals surface area (Å²) in [4.78, 5) is 10.3. The molecule has 0 amide bonds. The Morgan fingerprint density at radius 2 is 0.977 bits per heavy atom. The molecule has 0 unspecified atom stereocenters. The van der Waals surface area contributed by atoms with Crippen molar-refractivity contribution < 1.29 is 0 Å². The van der Waals surface area contributed by atoms with E-state index in [4.69, 9.17) is 9.97 Å². The number of fused-ring (bicyclic) bond motifs is 2. The first-order valence-electron chi connectivity index (χ1n) is 14.5. The van der Waals surface area contributed by atoms with E-state index in [0.717, 1.165) is 67.0 Å². The quantitative estimate of drug-likeness (QED) is 0.214. The van der Waals surface area contributed by atoms with Gasteiger partial charge in [0.15, 0.2) is 0 Å². The van der Waals surface area contributed by atoms with Crippen molar-refractivity contribution in [2.24, 2.45) is 0 Å². The van der Waals surface area contributed by atoms with Gasteiger partial charge in [-0.2, -0.15) is 0 Å². The number of benzene rings is 6. The van der Waals surface area contributed by atoms with Crippen molar-refractivity contribution in [1.82, 2.24) is 14.5 Å². The van der Waals surface area contributed by atoms with Gasteiger partial charge < -0.3 is 0 Å². The molecule has 202 valence electrons. The summed E-state index contributed by atoms with van der Waals surface area (Å²) in [7, 11) is 0. The van der Waals surface area contributed by atoms with Crippen LogP contribution in [0.3, 0.4) is 0 Å². The van der Waals surface area contributed by atoms with Crippen LogP contribution >= 0.6 is 0 Å². The SMILES string of the molecule is c1ccc(-c2cc(-c3ccccc3)nc(-c3ccc(-n4c(-c5ccccc5)nc5ccccc54)c4ccccc34)c2)cc1. The highest BCUT2D eigenvalue weighted by atomic mass is 15.1. The van der Waals surface area contributed by atoms with E-state index in [2.05, 4.69) is 150 Å². The molecule has 0 bridgehead atoms. The van der Waals surface area contributed by atoms with E-state index in [1.54, 1.807) is 0 Å². The van der Waals surface area contributed by atoms with Gasteiger partial charge in [0.05, 0.1) is 28.1 Å². The Bertz CT molecular complexity index is 2160. The lowest BCUT2D eigenvalue weighted by Gasteiger charge is -2.16. The van der Waals surface area contributed by atoms with E-state index < -0.39 is 0 Å². The molecule has 0 spiro atoms. The summed E-state index contributed by atoms with van der Waals surface area (Å²) in [5.41, 5.74) is 10.6. The van der Waals surface area contributed by atoms with E-state index in [9.17, 15) is 0 Å². The number of aromatic nitrogens is 3. The summed E-state index contributed by atoms with van der Waals surface area (Å²) < 4.78 is 2.29. The lowest BCUT2D eigenvalue weighted by Crippen LogP contribution is -2.00. The van der Waals surface area contributed by atoms with Crippen LogP contribution in [0.25, 0.3) is 72.5 Å². The molecule has 0 fully saturated rings. The molecule has 8 rings (SSSR count). The monoisotopic (exact) mass is 549 g/mol. The van der Waals surface area contributed by atoms with E-state index in [0.29, 0.717) is 0 Å². The topological polar surface area (TPSA) is 30.7 Å². The second-order valence-electron chi connectivity index (χ2n) is 10.7. The molecule has 2 aromatic heterocycles. The van der Waals surface area contributed by atoms with E-state index in [1.807, 2.05) is 18.2 Å². The second kappa shape index (κ2) is 10.6. The van der Waals surface area contributed by atoms with Gasteiger partial charge in [-0.1, -0.05) is 133 Å². The van der Waals surface area contributed by atoms with Crippen LogP contribution in [0.4, 0.5) is 0 Å². The van der Waals surface area contributed by atoms with Crippen LogP contribution in [0.15, 0.2) is 164 Å². The Balaban J connectivity index is 1.38. The molecule has 3 nitrogen and oxygen atoms in total. The molecule has 8 aromatic rings. The van der Waals surface area contributed by atoms with Gasteiger partial charge in [0, 0.05) is 22.1 Å². The molecular weight excluding hydrogens is 522 g/mol. The number of pyridine rings is 1. The molecule has 0 saturated carbocycles. The largest absolute Gasteiger partial charge is 0.292 e. The van der Waals surface area contributed by atoms with Gasteiger partial charge in [-0.25, -0.2) is 9.97 Å². The Hall–Kier alpha value is -5.80. The van der Waals surface area contributed by atoms with Gasteiger partial charge in [-0.3, -0.25) is 4.57 Å². The highest BCUT2D eigenvalue weighted by Crippen LogP contribution is 2.38. The first-order valence-corrected chi connectivity index (χ1v) is 14.5. The highest BCUT2D eigenvalue weighted by Gasteiger charge is 2.18. The van der Waals surface area contributed by atoms with Crippen LogP contribution in [0.1, 0.15) is 0 Å². The summed E-state index contributed by atoms with van der Waals surface area (Å²) in [6.07, 6.45) is 0. The summed E-state index contributed by atoms with van der Waals surface area (Å²) >= 11 is 0. The minimum absolute atomic E-state index is 0.926. The molecule has 6 aromatic carbocycles. The van der Waals surface area contributed by atoms with Crippen molar-refractivity contribution >= 4 is 21.8 Å². The van der Waals surface area contributed by atoms with Crippen molar-refractivity contribution in [3.63, 3.8) is 0 Å². The smallest absolute Gasteiger partial charge is 0.145 e. The van der Waals surface area contributed by atoms with Crippen LogP contribution in [0.2, 0.25) is 0 Å². The van der Waals surface area contributed by atoms with Crippen molar-refractivity contribution in [2.45, 2.75) is 0 Å². The van der Waals surface area contributed by atoms with Gasteiger partial charge in [0.25, 0.3) is 0 Å². The van der Waals surface area contributed by atoms with Crippen LogP contribution in [0, 0.1) is 0 Å². The molecule has 3 heteroatoms. The molecule has 2 heterocycles. The minimum atomic E-state index is 0.926. The maximum absolute atomic E-state index is 5.24. The molecule has 0 aliphatic heterocycles. The number of para-hydroxylation sites is 2. The van der Waals surface area contributed by atoms with Crippen molar-refractivity contribution in [3.8, 4) is 50.7 Å². The lowest BCUT2D eigenvalue weighted by molar-refractivity contribution is 1.11. The second-order valence-corrected chi connectivity index (χ2v) is 10.7. The zero-order valence-corrected chi connectivity index (χ0v) is 23.4. The van der Waals surface area contributed by atoms with Crippen molar-refractivity contribution in [2.75, 3.05) is 0 Å². The molecule has 0 N–H and O–H groups in total. The van der Waals surface area contributed by atoms with Gasteiger partial charge in [0.1, 0.15) is 5.82 Å². The molecular formula is C40H27N3. The maximum Gasteiger partial charge on any atom is 0.145 e. The standard InChI is InChI=1S/C40H27N3/c1-4-14-28(15-5-1)31-26-36(29-16-6-2-7-17-29)41-37(27-31)33-24-25-38(34-21-11-10-20-32(33)34)43-39-23-13-12-22-35(39)42-40(43)30-18-8-3-9-19-30/h1-27H. The van der Waals surface area contributed by atoms with E-state index in [1.165, 1.54) is 5.56 Å². The third-order valence-electron chi connectivity index (χ3n) is 8.01. The molecule has 0 radical (unpaired) electrons. The zero-order chi connectivity index (χ0) is 28.6. The average molecular weight is 550 g/mol. The third kappa shape index (κ3) is 4.48. The zero-order valence-electron chi connectivity index (χ0n) is 23.4. The van der Waals surface area contributed by atoms with Crippen molar-refractivity contribution in [1.29, 1.82) is 0 Å². The van der Waals surface area contributed by atoms with Gasteiger partial charge in [0.2, 0.25) is 0 Å². The third-order valence-corrected chi connectivity index (χ3v) is 8.01. The van der Waals surface area contributed by atoms with E-state index >= 15 is 0 Å². The Labute approximate surface area is 250 Å². The number of rotatable bonds is 5. The van der Waals surface area contributed by atoms with Crippen LogP contribution in [0.5, 0.6) is 0 Å². The number of hydrogen-bond acceptors (Lipinski definition) is 2. The first-order chi connectivity index (χ1) is 21.3. The molecule has 0 aliphatic rings. The molecule has 43 heavy (non-hydrogen) atoms. The molecule has 0 atom stereocenters. The normalized spacial score (nSPS) is 11.3. The fourth-order valence-corrected chi connectivity index (χ4v) is 5.97. The van der Waals surface area contributed by atoms with Crippen molar-refractivity contribution in [3.05, 3.63) is 164 Å². The fraction of sp³-hybridized carbons (Fsp3) is 0. The summed E-state index contributed by atoms with van der Waals surface area (Å²) in [5, 5.41) is 2.29. The minimum Gasteiger partial charge on any atom is -0.292 e. The van der Waals surface area contributed by atoms with Crippen LogP contribution in [-0.4, -0.2) is 14.5 Å². The Morgan fingerprint density at radius 1 is 0.395 bits per heavy atom. The number of imidazole rings is 1. The summed E-state index contributed by atoms with van der Waals surface area (Å²) in [5.74, 6) is 0.926. The number of hydrogen-bond donors (Lipinski definition) is 0. The molecule has 0 saturated heterocycles. The van der Waals surface area contributed by atoms with E-state index in [-0.39, 0.29) is 0 Å². The Kier molecular flexibility index (Phi) is 6.12. The Morgan fingerprint density at radius 3 is 1.72 bits per heavy atom. The van der Waals surface area contributed by atoms with Gasteiger partial charge in [-0.05, 0) is 46.8 Å². The maximum atomic E-state index is 5.24.